The highest BCUT2D eigenvalue weighted by molar-refractivity contribution is 5.95. The van der Waals surface area contributed by atoms with Crippen LogP contribution in [0.4, 0.5) is 0 Å². The summed E-state index contributed by atoms with van der Waals surface area (Å²) in [4.78, 5) is 18.7. The Morgan fingerprint density at radius 3 is 2.66 bits per heavy atom. The molecule has 5 rings (SSSR count). The fraction of sp³-hybridized carbons (Fsp3) is 0.333. The number of rotatable bonds is 2. The van der Waals surface area contributed by atoms with Crippen molar-refractivity contribution >= 4 is 16.8 Å². The van der Waals surface area contributed by atoms with E-state index in [-0.39, 0.29) is 5.91 Å². The lowest BCUT2D eigenvalue weighted by molar-refractivity contribution is -0.130. The van der Waals surface area contributed by atoms with Crippen LogP contribution in [0.2, 0.25) is 0 Å². The van der Waals surface area contributed by atoms with Crippen molar-refractivity contribution in [3.63, 3.8) is 0 Å². The number of aryl methyl sites for hydroxylation is 3. The Morgan fingerprint density at radius 1 is 1.10 bits per heavy atom. The van der Waals surface area contributed by atoms with Gasteiger partial charge in [0.05, 0.1) is 29.6 Å². The fourth-order valence-electron chi connectivity index (χ4n) is 4.22. The zero-order chi connectivity index (χ0) is 20.3. The van der Waals surface area contributed by atoms with Crippen LogP contribution in [0.3, 0.4) is 0 Å². The van der Waals surface area contributed by atoms with E-state index in [1.807, 2.05) is 43.0 Å². The van der Waals surface area contributed by atoms with Crippen LogP contribution in [0, 0.1) is 6.92 Å². The van der Waals surface area contributed by atoms with E-state index in [4.69, 9.17) is 10.1 Å². The van der Waals surface area contributed by atoms with E-state index in [0.717, 1.165) is 58.0 Å². The molecule has 0 atom stereocenters. The molecule has 1 aromatic carbocycles. The topological polar surface area (TPSA) is 73.8 Å². The van der Waals surface area contributed by atoms with Gasteiger partial charge in [-0.25, -0.2) is 4.98 Å². The lowest BCUT2D eigenvalue weighted by Crippen LogP contribution is -2.37. The highest BCUT2D eigenvalue weighted by Crippen LogP contribution is 2.33. The van der Waals surface area contributed by atoms with Gasteiger partial charge in [-0.3, -0.25) is 14.2 Å². The quantitative estimate of drug-likeness (QED) is 0.528. The second kappa shape index (κ2) is 6.30. The van der Waals surface area contributed by atoms with Crippen LogP contribution in [0.15, 0.2) is 30.6 Å². The largest absolute Gasteiger partial charge is 0.335 e. The molecule has 1 aliphatic rings. The Hall–Kier alpha value is -3.42. The monoisotopic (exact) mass is 389 g/mol. The number of amides is 1. The third-order valence-corrected chi connectivity index (χ3v) is 5.74. The molecule has 0 radical (unpaired) electrons. The minimum Gasteiger partial charge on any atom is -0.335 e. The Morgan fingerprint density at radius 2 is 1.93 bits per heavy atom. The van der Waals surface area contributed by atoms with Gasteiger partial charge in [0, 0.05) is 56.8 Å². The smallest absolute Gasteiger partial charge is 0.219 e. The minimum absolute atomic E-state index is 0.0997. The first-order valence-corrected chi connectivity index (χ1v) is 9.70. The third kappa shape index (κ3) is 2.74. The molecule has 0 aliphatic carbocycles. The number of nitrogens with zero attached hydrogens (tertiary/aromatic N) is 7. The molecule has 0 fully saturated rings. The Labute approximate surface area is 168 Å². The summed E-state index contributed by atoms with van der Waals surface area (Å²) in [6, 6.07) is 6.33. The average Bonchev–Trinajstić information content (AvgIpc) is 3.37. The molecule has 0 N–H and O–H groups in total. The Kier molecular flexibility index (Phi) is 3.84. The van der Waals surface area contributed by atoms with Crippen LogP contribution in [-0.4, -0.2) is 46.5 Å². The summed E-state index contributed by atoms with van der Waals surface area (Å²) in [7, 11) is 3.86. The van der Waals surface area contributed by atoms with Crippen molar-refractivity contribution in [2.75, 3.05) is 6.54 Å². The number of imidazole rings is 1. The first-order valence-electron chi connectivity index (χ1n) is 9.70. The molecule has 1 amide bonds. The van der Waals surface area contributed by atoms with E-state index < -0.39 is 0 Å². The summed E-state index contributed by atoms with van der Waals surface area (Å²) in [6.45, 7) is 5.75. The van der Waals surface area contributed by atoms with E-state index in [1.165, 1.54) is 0 Å². The van der Waals surface area contributed by atoms with Gasteiger partial charge in [-0.15, -0.1) is 0 Å². The molecule has 0 bridgehead atoms. The summed E-state index contributed by atoms with van der Waals surface area (Å²) in [6.07, 6.45) is 3.81. The van der Waals surface area contributed by atoms with E-state index in [9.17, 15) is 4.79 Å². The first kappa shape index (κ1) is 17.7. The van der Waals surface area contributed by atoms with E-state index in [1.54, 1.807) is 11.6 Å². The second-order valence-corrected chi connectivity index (χ2v) is 7.65. The highest BCUT2D eigenvalue weighted by Gasteiger charge is 2.25. The molecule has 3 aromatic heterocycles. The van der Waals surface area contributed by atoms with Gasteiger partial charge in [-0.2, -0.15) is 10.2 Å². The van der Waals surface area contributed by atoms with Gasteiger partial charge >= 0.3 is 0 Å². The van der Waals surface area contributed by atoms with E-state index >= 15 is 0 Å². The van der Waals surface area contributed by atoms with Crippen LogP contribution in [0.5, 0.6) is 0 Å². The Bertz CT molecular complexity index is 1260. The van der Waals surface area contributed by atoms with Crippen molar-refractivity contribution < 1.29 is 4.79 Å². The molecule has 0 saturated heterocycles. The fourth-order valence-corrected chi connectivity index (χ4v) is 4.22. The molecule has 0 spiro atoms. The highest BCUT2D eigenvalue weighted by atomic mass is 16.2. The number of fused-ring (bicyclic) bond motifs is 2. The molecule has 4 heterocycles. The number of hydrogen-bond acceptors (Lipinski definition) is 4. The summed E-state index contributed by atoms with van der Waals surface area (Å²) < 4.78 is 5.90. The predicted molar refractivity (Wildman–Crippen MR) is 110 cm³/mol. The summed E-state index contributed by atoms with van der Waals surface area (Å²) >= 11 is 0. The van der Waals surface area contributed by atoms with Crippen molar-refractivity contribution in [2.24, 2.45) is 14.1 Å². The Balaban J connectivity index is 1.66. The zero-order valence-electron chi connectivity index (χ0n) is 17.0. The lowest BCUT2D eigenvalue weighted by Gasteiger charge is -2.28. The van der Waals surface area contributed by atoms with E-state index in [2.05, 4.69) is 27.9 Å². The van der Waals surface area contributed by atoms with Gasteiger partial charge in [-0.1, -0.05) is 6.07 Å². The molecule has 8 heteroatoms. The van der Waals surface area contributed by atoms with Gasteiger partial charge in [0.2, 0.25) is 5.91 Å². The molecule has 0 unspecified atom stereocenters. The number of carbonyl (C=O) groups is 1. The maximum absolute atomic E-state index is 11.9. The lowest BCUT2D eigenvalue weighted by atomic mass is 10.0. The maximum Gasteiger partial charge on any atom is 0.219 e. The first-order chi connectivity index (χ1) is 13.9. The van der Waals surface area contributed by atoms with Crippen molar-refractivity contribution in [2.45, 2.75) is 26.9 Å². The maximum atomic E-state index is 11.9. The summed E-state index contributed by atoms with van der Waals surface area (Å²) in [5.74, 6) is 1.08. The van der Waals surface area contributed by atoms with Crippen molar-refractivity contribution in [1.29, 1.82) is 0 Å². The van der Waals surface area contributed by atoms with Crippen LogP contribution in [0.1, 0.15) is 18.4 Å². The summed E-state index contributed by atoms with van der Waals surface area (Å²) in [5, 5.41) is 10.1. The van der Waals surface area contributed by atoms with Crippen LogP contribution in [-0.2, 0) is 32.0 Å². The van der Waals surface area contributed by atoms with Crippen molar-refractivity contribution in [3.8, 4) is 22.5 Å². The van der Waals surface area contributed by atoms with Gasteiger partial charge in [-0.05, 0) is 19.1 Å². The third-order valence-electron chi connectivity index (χ3n) is 5.74. The molecule has 1 aliphatic heterocycles. The normalized spacial score (nSPS) is 13.9. The number of hydrogen-bond donors (Lipinski definition) is 0. The van der Waals surface area contributed by atoms with Crippen LogP contribution < -0.4 is 0 Å². The van der Waals surface area contributed by atoms with Gasteiger partial charge in [0.25, 0.3) is 0 Å². The van der Waals surface area contributed by atoms with Crippen LogP contribution in [0.25, 0.3) is 33.4 Å². The van der Waals surface area contributed by atoms with Crippen molar-refractivity contribution in [1.82, 2.24) is 34.0 Å². The van der Waals surface area contributed by atoms with Gasteiger partial charge in [0.15, 0.2) is 0 Å². The molecule has 148 valence electrons. The standard InChI is InChI=1S/C21H23N7O/c1-13-23-21(19-12-27(14(2)29)7-8-28(13)19)15-5-6-18-17(9-15)20(24-26(18)4)16-10-22-25(3)11-16/h5-6,9-11H,7-8,12H2,1-4H3. The number of carbonyl (C=O) groups excluding carboxylic acids is 1. The second-order valence-electron chi connectivity index (χ2n) is 7.65. The number of benzene rings is 1. The van der Waals surface area contributed by atoms with E-state index in [0.29, 0.717) is 6.54 Å². The van der Waals surface area contributed by atoms with Gasteiger partial charge < -0.3 is 9.47 Å². The molecule has 8 nitrogen and oxygen atoms in total. The molecule has 4 aromatic rings. The average molecular weight is 389 g/mol. The number of aromatic nitrogens is 6. The molecule has 0 saturated carbocycles. The minimum atomic E-state index is 0.0997. The zero-order valence-corrected chi connectivity index (χ0v) is 17.0. The molecular weight excluding hydrogens is 366 g/mol. The SMILES string of the molecule is CC(=O)N1CCn2c(C)nc(-c3ccc4c(c3)c(-c3cnn(C)c3)nn4C)c2C1. The summed E-state index contributed by atoms with van der Waals surface area (Å²) in [5.41, 5.74) is 6.03. The molecular formula is C21H23N7O. The molecule has 29 heavy (non-hydrogen) atoms. The van der Waals surface area contributed by atoms with Gasteiger partial charge in [0.1, 0.15) is 11.5 Å². The van der Waals surface area contributed by atoms with Crippen LogP contribution >= 0.6 is 0 Å². The predicted octanol–water partition coefficient (Wildman–Crippen LogP) is 2.51. The van der Waals surface area contributed by atoms with Crippen molar-refractivity contribution in [3.05, 3.63) is 42.1 Å².